The molecule has 2 unspecified atom stereocenters. The van der Waals surface area contributed by atoms with E-state index in [0.717, 1.165) is 103 Å². The number of allylic oxidation sites excluding steroid dienone is 12. The van der Waals surface area contributed by atoms with Gasteiger partial charge in [0.05, 0.1) is 5.54 Å². The van der Waals surface area contributed by atoms with Gasteiger partial charge in [0, 0.05) is 12.8 Å². The molecule has 0 aliphatic rings. The highest BCUT2D eigenvalue weighted by molar-refractivity contribution is 6.38. The van der Waals surface area contributed by atoms with Crippen LogP contribution in [-0.2, 0) is 9.59 Å². The van der Waals surface area contributed by atoms with Crippen LogP contribution in [0.15, 0.2) is 72.9 Å². The third kappa shape index (κ3) is 20.3. The zero-order valence-electron chi connectivity index (χ0n) is 30.4. The van der Waals surface area contributed by atoms with Crippen LogP contribution in [0, 0.1) is 5.92 Å². The van der Waals surface area contributed by atoms with Crippen LogP contribution in [0.2, 0.25) is 0 Å². The van der Waals surface area contributed by atoms with Crippen molar-refractivity contribution in [3.8, 4) is 0 Å². The van der Waals surface area contributed by atoms with E-state index in [1.165, 1.54) is 12.8 Å². The number of hydrogen-bond acceptors (Lipinski definition) is 3. The van der Waals surface area contributed by atoms with E-state index in [0.29, 0.717) is 12.8 Å². The molecule has 0 bridgehead atoms. The van der Waals surface area contributed by atoms with Gasteiger partial charge in [-0.2, -0.15) is 0 Å². The maximum Gasteiger partial charge on any atom is 0.156 e. The van der Waals surface area contributed by atoms with Crippen LogP contribution in [0.3, 0.4) is 0 Å². The fraction of sp³-hybridized carbons (Fsp3) is 0.667. The van der Waals surface area contributed by atoms with Crippen LogP contribution in [-0.4, -0.2) is 22.0 Å². The molecule has 0 radical (unpaired) electrons. The van der Waals surface area contributed by atoms with Gasteiger partial charge in [0.2, 0.25) is 0 Å². The second-order valence-electron chi connectivity index (χ2n) is 13.1. The fourth-order valence-electron chi connectivity index (χ4n) is 5.67. The van der Waals surface area contributed by atoms with Crippen molar-refractivity contribution >= 4 is 23.2 Å². The first-order valence-electron chi connectivity index (χ1n) is 18.6. The van der Waals surface area contributed by atoms with Gasteiger partial charge < -0.3 is 5.73 Å². The van der Waals surface area contributed by atoms with Crippen molar-refractivity contribution in [3.63, 3.8) is 0 Å². The average molecular weight is 656 g/mol. The van der Waals surface area contributed by atoms with Gasteiger partial charge >= 0.3 is 0 Å². The molecule has 0 fully saturated rings. The van der Waals surface area contributed by atoms with Crippen LogP contribution in [0.4, 0.5) is 0 Å². The largest absolute Gasteiger partial charge is 0.317 e. The van der Waals surface area contributed by atoms with E-state index in [1.807, 2.05) is 13.8 Å². The molecule has 0 heterocycles. The highest BCUT2D eigenvalue weighted by Gasteiger charge is 2.55. The average Bonchev–Trinajstić information content (AvgIpc) is 3.03. The number of carbonyl (C=O) groups excluding carboxylic acids is 2. The normalized spacial score (nSPS) is 15.5. The first kappa shape index (κ1) is 44.0. The summed E-state index contributed by atoms with van der Waals surface area (Å²) >= 11 is 7.02. The van der Waals surface area contributed by atoms with Crippen LogP contribution >= 0.6 is 11.6 Å². The molecule has 0 aliphatic carbocycles. The summed E-state index contributed by atoms with van der Waals surface area (Å²) in [6.45, 7) is 9.80. The number of carbonyl (C=O) groups is 2. The summed E-state index contributed by atoms with van der Waals surface area (Å²) in [6, 6.07) is 0. The molecule has 3 nitrogen and oxygen atoms in total. The Balaban J connectivity index is 4.28. The second kappa shape index (κ2) is 29.2. The third-order valence-electron chi connectivity index (χ3n) is 8.65. The van der Waals surface area contributed by atoms with E-state index in [-0.39, 0.29) is 17.5 Å². The molecule has 0 saturated heterocycles. The molecule has 4 heteroatoms. The highest BCUT2D eigenvalue weighted by atomic mass is 35.5. The summed E-state index contributed by atoms with van der Waals surface area (Å²) in [6.07, 6.45) is 46.3. The predicted octanol–water partition coefficient (Wildman–Crippen LogP) is 12.7. The standard InChI is InChI=1S/C42H70ClNO2/c1-6-8-10-12-14-16-18-20-22-24-26-28-30-32-34-36-39(45)41(5,44)42(43,38(3)4)40(46)37-35-33-31-29-27-25-23-21-19-17-15-13-11-9-7-2/h8-11,14-17,20-23,38H,6-7,12-13,18-19,24-37,44H2,1-5H3/b10-8-,11-9-,16-14-,17-15-,22-20-,23-21-. The molecule has 0 amide bonds. The lowest BCUT2D eigenvalue weighted by molar-refractivity contribution is -0.133. The van der Waals surface area contributed by atoms with Crippen molar-refractivity contribution < 1.29 is 9.59 Å². The summed E-state index contributed by atoms with van der Waals surface area (Å²) in [5, 5.41) is 0. The molecule has 2 N–H and O–H groups in total. The van der Waals surface area contributed by atoms with Crippen molar-refractivity contribution in [3.05, 3.63) is 72.9 Å². The maximum atomic E-state index is 13.4. The van der Waals surface area contributed by atoms with Crippen LogP contribution < -0.4 is 5.73 Å². The number of nitrogens with two attached hydrogens (primary N) is 1. The van der Waals surface area contributed by atoms with E-state index < -0.39 is 10.4 Å². The summed E-state index contributed by atoms with van der Waals surface area (Å²) in [7, 11) is 0. The van der Waals surface area contributed by atoms with Gasteiger partial charge in [-0.1, -0.05) is 139 Å². The maximum absolute atomic E-state index is 13.4. The number of hydrogen-bond donors (Lipinski definition) is 1. The molecule has 2 atom stereocenters. The van der Waals surface area contributed by atoms with Gasteiger partial charge in [0.1, 0.15) is 4.87 Å². The molecule has 0 aromatic carbocycles. The smallest absolute Gasteiger partial charge is 0.156 e. The van der Waals surface area contributed by atoms with E-state index in [9.17, 15) is 9.59 Å². The molecule has 262 valence electrons. The first-order chi connectivity index (χ1) is 22.2. The van der Waals surface area contributed by atoms with Gasteiger partial charge in [0.25, 0.3) is 0 Å². The Morgan fingerprint density at radius 3 is 1.26 bits per heavy atom. The van der Waals surface area contributed by atoms with Gasteiger partial charge in [-0.15, -0.1) is 11.6 Å². The Labute approximate surface area is 290 Å². The third-order valence-corrected chi connectivity index (χ3v) is 9.69. The van der Waals surface area contributed by atoms with Gasteiger partial charge in [0.15, 0.2) is 11.6 Å². The monoisotopic (exact) mass is 656 g/mol. The Kier molecular flexibility index (Phi) is 27.9. The molecular weight excluding hydrogens is 586 g/mol. The number of rotatable bonds is 30. The quantitative estimate of drug-likeness (QED) is 0.0476. The molecule has 0 spiro atoms. The Morgan fingerprint density at radius 2 is 0.870 bits per heavy atom. The lowest BCUT2D eigenvalue weighted by Gasteiger charge is -2.42. The minimum atomic E-state index is -1.38. The molecule has 46 heavy (non-hydrogen) atoms. The van der Waals surface area contributed by atoms with Gasteiger partial charge in [-0.25, -0.2) is 0 Å². The topological polar surface area (TPSA) is 60.2 Å². The predicted molar refractivity (Wildman–Crippen MR) is 205 cm³/mol. The highest BCUT2D eigenvalue weighted by Crippen LogP contribution is 2.39. The number of alkyl halides is 1. The SMILES string of the molecule is CC/C=C\C/C=C\C/C=C\CCCCCCCC(=O)C(C)(N)C(Cl)(C(=O)CCCCCCC/C=C\C/C=C\C/C=C\CC)C(C)C. The molecule has 0 aromatic rings. The zero-order chi connectivity index (χ0) is 34.4. The zero-order valence-corrected chi connectivity index (χ0v) is 31.2. The minimum Gasteiger partial charge on any atom is -0.317 e. The van der Waals surface area contributed by atoms with Crippen LogP contribution in [0.25, 0.3) is 0 Å². The van der Waals surface area contributed by atoms with Crippen molar-refractivity contribution in [2.24, 2.45) is 11.7 Å². The summed E-state index contributed by atoms with van der Waals surface area (Å²) < 4.78 is 0. The molecule has 0 aliphatic heterocycles. The first-order valence-corrected chi connectivity index (χ1v) is 19.0. The van der Waals surface area contributed by atoms with Gasteiger partial charge in [-0.3, -0.25) is 9.59 Å². The molecule has 0 aromatic heterocycles. The second-order valence-corrected chi connectivity index (χ2v) is 13.7. The summed E-state index contributed by atoms with van der Waals surface area (Å²) in [4.78, 5) is 25.3. The van der Waals surface area contributed by atoms with Crippen molar-refractivity contribution in [2.75, 3.05) is 0 Å². The molecule has 0 rings (SSSR count). The lowest BCUT2D eigenvalue weighted by Crippen LogP contribution is -2.66. The van der Waals surface area contributed by atoms with E-state index in [2.05, 4.69) is 86.8 Å². The van der Waals surface area contributed by atoms with Crippen molar-refractivity contribution in [1.82, 2.24) is 0 Å². The Hall–Kier alpha value is -1.97. The van der Waals surface area contributed by atoms with Crippen LogP contribution in [0.1, 0.15) is 163 Å². The number of halogens is 1. The molecule has 0 saturated carbocycles. The number of ketones is 2. The van der Waals surface area contributed by atoms with E-state index in [1.54, 1.807) is 6.92 Å². The van der Waals surface area contributed by atoms with E-state index in [4.69, 9.17) is 17.3 Å². The summed E-state index contributed by atoms with van der Waals surface area (Å²) in [5.74, 6) is -0.403. The van der Waals surface area contributed by atoms with Crippen molar-refractivity contribution in [1.29, 1.82) is 0 Å². The minimum absolute atomic E-state index is 0.0828. The van der Waals surface area contributed by atoms with Gasteiger partial charge in [-0.05, 0) is 89.9 Å². The molecular formula is C42H70ClNO2. The van der Waals surface area contributed by atoms with Crippen LogP contribution in [0.5, 0.6) is 0 Å². The van der Waals surface area contributed by atoms with E-state index >= 15 is 0 Å². The lowest BCUT2D eigenvalue weighted by atomic mass is 9.71. The Bertz CT molecular complexity index is 953. The van der Waals surface area contributed by atoms with Crippen molar-refractivity contribution in [2.45, 2.75) is 173 Å². The fourth-order valence-corrected chi connectivity index (χ4v) is 5.86. The number of unbranched alkanes of at least 4 members (excludes halogenated alkanes) is 10. The summed E-state index contributed by atoms with van der Waals surface area (Å²) in [5.41, 5.74) is 5.25. The number of Topliss-reactive ketones (excluding diaryl/α,β-unsaturated/α-hetero) is 2. The Morgan fingerprint density at radius 1 is 0.543 bits per heavy atom.